The van der Waals surface area contributed by atoms with E-state index in [2.05, 4.69) is 47.6 Å². The number of allylic oxidation sites excluding steroid dienone is 2. The highest BCUT2D eigenvalue weighted by Gasteiger charge is 2.45. The van der Waals surface area contributed by atoms with Crippen LogP contribution < -0.4 is 5.32 Å². The third-order valence-corrected chi connectivity index (χ3v) is 4.24. The zero-order chi connectivity index (χ0) is 11.9. The van der Waals surface area contributed by atoms with Crippen molar-refractivity contribution in [3.63, 3.8) is 0 Å². The maximum atomic E-state index is 6.11. The molecular formula is C13H21N3O. The van der Waals surface area contributed by atoms with E-state index in [0.717, 1.165) is 25.9 Å². The Kier molecular flexibility index (Phi) is 2.73. The number of nitrogens with zero attached hydrogens (tertiary/aromatic N) is 2. The fraction of sp³-hybridized carbons (Fsp3) is 0.692. The van der Waals surface area contributed by atoms with Gasteiger partial charge >= 0.3 is 0 Å². The summed E-state index contributed by atoms with van der Waals surface area (Å²) in [6, 6.07) is 0. The first kappa shape index (κ1) is 11.3. The average Bonchev–Trinajstić information content (AvgIpc) is 2.35. The zero-order valence-corrected chi connectivity index (χ0v) is 10.6. The van der Waals surface area contributed by atoms with Gasteiger partial charge in [-0.2, -0.15) is 0 Å². The van der Waals surface area contributed by atoms with Gasteiger partial charge in [-0.3, -0.25) is 5.32 Å². The van der Waals surface area contributed by atoms with Gasteiger partial charge in [0.25, 0.3) is 0 Å². The number of piperidine rings is 1. The van der Waals surface area contributed by atoms with E-state index >= 15 is 0 Å². The van der Waals surface area contributed by atoms with Crippen molar-refractivity contribution in [2.45, 2.75) is 24.6 Å². The van der Waals surface area contributed by atoms with Crippen LogP contribution in [-0.4, -0.2) is 55.5 Å². The molecule has 0 radical (unpaired) electrons. The van der Waals surface area contributed by atoms with Crippen molar-refractivity contribution in [2.75, 3.05) is 33.9 Å². The van der Waals surface area contributed by atoms with E-state index in [1.54, 1.807) is 0 Å². The molecule has 2 saturated heterocycles. The Morgan fingerprint density at radius 3 is 2.88 bits per heavy atom. The number of likely N-dealkylation sites (N-methyl/N-ethyl adjacent to an activating group) is 1. The number of fused-ring (bicyclic) bond motifs is 2. The summed E-state index contributed by atoms with van der Waals surface area (Å²) in [4.78, 5) is 4.62. The first-order chi connectivity index (χ1) is 8.21. The van der Waals surface area contributed by atoms with Crippen LogP contribution in [0, 0.1) is 0 Å². The Labute approximate surface area is 103 Å². The molecule has 3 aliphatic rings. The molecule has 17 heavy (non-hydrogen) atoms. The maximum Gasteiger partial charge on any atom is 0.106 e. The van der Waals surface area contributed by atoms with E-state index in [1.807, 2.05) is 0 Å². The van der Waals surface area contributed by atoms with Crippen molar-refractivity contribution in [3.8, 4) is 0 Å². The summed E-state index contributed by atoms with van der Waals surface area (Å²) in [6.07, 6.45) is 9.02. The number of rotatable bonds is 0. The second kappa shape index (κ2) is 4.12. The predicted molar refractivity (Wildman–Crippen MR) is 67.3 cm³/mol. The Balaban J connectivity index is 1.89. The smallest absolute Gasteiger partial charge is 0.106 e. The van der Waals surface area contributed by atoms with E-state index in [1.165, 1.54) is 5.57 Å². The highest BCUT2D eigenvalue weighted by Crippen LogP contribution is 2.38. The normalized spacial score (nSPS) is 32.5. The molecule has 2 fully saturated rings. The van der Waals surface area contributed by atoms with Crippen LogP contribution in [0.25, 0.3) is 0 Å². The van der Waals surface area contributed by atoms with Crippen LogP contribution >= 0.6 is 0 Å². The highest BCUT2D eigenvalue weighted by atomic mass is 16.5. The SMILES string of the molecule is CN1CCC2(CC1)OCNC1C2=CC=CN1C. The Morgan fingerprint density at radius 2 is 2.12 bits per heavy atom. The first-order valence-corrected chi connectivity index (χ1v) is 6.38. The minimum absolute atomic E-state index is 0.0263. The molecule has 3 rings (SSSR count). The van der Waals surface area contributed by atoms with Gasteiger partial charge in [0.05, 0.1) is 12.3 Å². The molecule has 1 atom stereocenters. The van der Waals surface area contributed by atoms with Gasteiger partial charge in [-0.25, -0.2) is 0 Å². The summed E-state index contributed by atoms with van der Waals surface area (Å²) in [5.41, 5.74) is 1.38. The third-order valence-electron chi connectivity index (χ3n) is 4.24. The minimum Gasteiger partial charge on any atom is -0.361 e. The summed E-state index contributed by atoms with van der Waals surface area (Å²) in [5, 5.41) is 3.42. The van der Waals surface area contributed by atoms with Crippen molar-refractivity contribution in [2.24, 2.45) is 0 Å². The van der Waals surface area contributed by atoms with Gasteiger partial charge in [0.2, 0.25) is 0 Å². The summed E-state index contributed by atoms with van der Waals surface area (Å²) in [6.45, 7) is 2.90. The molecule has 0 saturated carbocycles. The summed E-state index contributed by atoms with van der Waals surface area (Å²) < 4.78 is 6.11. The first-order valence-electron chi connectivity index (χ1n) is 6.38. The summed E-state index contributed by atoms with van der Waals surface area (Å²) >= 11 is 0. The topological polar surface area (TPSA) is 27.7 Å². The molecule has 0 aromatic heterocycles. The summed E-state index contributed by atoms with van der Waals surface area (Å²) in [7, 11) is 4.31. The number of hydrogen-bond donors (Lipinski definition) is 1. The van der Waals surface area contributed by atoms with E-state index in [0.29, 0.717) is 12.9 Å². The molecule has 3 aliphatic heterocycles. The second-order valence-electron chi connectivity index (χ2n) is 5.32. The van der Waals surface area contributed by atoms with Crippen molar-refractivity contribution in [3.05, 3.63) is 23.9 Å². The van der Waals surface area contributed by atoms with Gasteiger partial charge < -0.3 is 14.5 Å². The van der Waals surface area contributed by atoms with Crippen LogP contribution in [0.5, 0.6) is 0 Å². The lowest BCUT2D eigenvalue weighted by Gasteiger charge is -2.50. The van der Waals surface area contributed by atoms with Crippen LogP contribution in [0.15, 0.2) is 23.9 Å². The van der Waals surface area contributed by atoms with Gasteiger partial charge in [-0.1, -0.05) is 6.08 Å². The molecule has 1 N–H and O–H groups in total. The van der Waals surface area contributed by atoms with Crippen LogP contribution in [-0.2, 0) is 4.74 Å². The molecule has 4 nitrogen and oxygen atoms in total. The van der Waals surface area contributed by atoms with Gasteiger partial charge in [0.15, 0.2) is 0 Å². The Hall–Kier alpha value is -0.840. The molecule has 1 spiro atoms. The lowest BCUT2D eigenvalue weighted by atomic mass is 9.80. The molecule has 0 amide bonds. The van der Waals surface area contributed by atoms with Crippen molar-refractivity contribution >= 4 is 0 Å². The largest absolute Gasteiger partial charge is 0.361 e. The quantitative estimate of drug-likeness (QED) is 0.670. The van der Waals surface area contributed by atoms with Gasteiger partial charge in [-0.05, 0) is 31.5 Å². The molecular weight excluding hydrogens is 214 g/mol. The molecule has 4 heteroatoms. The van der Waals surface area contributed by atoms with Crippen LogP contribution in [0.2, 0.25) is 0 Å². The van der Waals surface area contributed by atoms with Crippen LogP contribution in [0.4, 0.5) is 0 Å². The third kappa shape index (κ3) is 1.80. The number of hydrogen-bond acceptors (Lipinski definition) is 4. The van der Waals surface area contributed by atoms with E-state index in [4.69, 9.17) is 4.74 Å². The van der Waals surface area contributed by atoms with Crippen LogP contribution in [0.3, 0.4) is 0 Å². The van der Waals surface area contributed by atoms with E-state index in [-0.39, 0.29) is 5.60 Å². The fourth-order valence-corrected chi connectivity index (χ4v) is 3.09. The second-order valence-corrected chi connectivity index (χ2v) is 5.32. The van der Waals surface area contributed by atoms with Crippen LogP contribution in [0.1, 0.15) is 12.8 Å². The molecule has 0 bridgehead atoms. The molecule has 0 aromatic rings. The van der Waals surface area contributed by atoms with E-state index < -0.39 is 0 Å². The zero-order valence-electron chi connectivity index (χ0n) is 10.6. The number of likely N-dealkylation sites (tertiary alicyclic amines) is 1. The number of nitrogens with one attached hydrogen (secondary N) is 1. The van der Waals surface area contributed by atoms with Gasteiger partial charge in [0.1, 0.15) is 6.17 Å². The molecule has 94 valence electrons. The molecule has 0 aromatic carbocycles. The minimum atomic E-state index is -0.0263. The molecule has 0 aliphatic carbocycles. The van der Waals surface area contributed by atoms with E-state index in [9.17, 15) is 0 Å². The van der Waals surface area contributed by atoms with Crippen molar-refractivity contribution in [1.82, 2.24) is 15.1 Å². The molecule has 1 unspecified atom stereocenters. The predicted octanol–water partition coefficient (Wildman–Crippen LogP) is 0.740. The molecule has 3 heterocycles. The van der Waals surface area contributed by atoms with Crippen molar-refractivity contribution in [1.29, 1.82) is 0 Å². The van der Waals surface area contributed by atoms with Gasteiger partial charge in [0, 0.05) is 26.3 Å². The Bertz CT molecular complexity index is 356. The number of ether oxygens (including phenoxy) is 1. The lowest BCUT2D eigenvalue weighted by Crippen LogP contribution is -2.60. The maximum absolute atomic E-state index is 6.11. The van der Waals surface area contributed by atoms with Gasteiger partial charge in [-0.15, -0.1) is 0 Å². The lowest BCUT2D eigenvalue weighted by molar-refractivity contribution is -0.0986. The van der Waals surface area contributed by atoms with Crippen molar-refractivity contribution < 1.29 is 4.74 Å². The monoisotopic (exact) mass is 235 g/mol. The average molecular weight is 235 g/mol. The Morgan fingerprint density at radius 1 is 1.35 bits per heavy atom. The highest BCUT2D eigenvalue weighted by molar-refractivity contribution is 5.32. The standard InChI is InChI=1S/C13H21N3O/c1-15-8-5-13(6-9-15)11-4-3-7-16(2)12(11)14-10-17-13/h3-4,7,12,14H,5-6,8-10H2,1-2H3. The fourth-order valence-electron chi connectivity index (χ4n) is 3.09. The summed E-state index contributed by atoms with van der Waals surface area (Å²) in [5.74, 6) is 0.